The summed E-state index contributed by atoms with van der Waals surface area (Å²) in [6, 6.07) is 0. The smallest absolute Gasteiger partial charge is 0.345 e. The van der Waals surface area contributed by atoms with E-state index in [4.69, 9.17) is 9.47 Å². The second-order valence-electron chi connectivity index (χ2n) is 3.22. The number of carbonyl (C=O) groups is 2. The lowest BCUT2D eigenvalue weighted by Gasteiger charge is -2.06. The molecule has 0 spiro atoms. The normalized spacial score (nSPS) is 9.19. The summed E-state index contributed by atoms with van der Waals surface area (Å²) in [6.07, 6.45) is 1.94. The zero-order valence-electron chi connectivity index (χ0n) is 10.0. The van der Waals surface area contributed by atoms with Crippen molar-refractivity contribution in [1.29, 1.82) is 0 Å². The highest BCUT2D eigenvalue weighted by Gasteiger charge is 2.20. The Morgan fingerprint density at radius 2 is 1.56 bits per heavy atom. The minimum absolute atomic E-state index is 0.0632. The monoisotopic (exact) mass is 226 g/mol. The molecule has 0 bridgehead atoms. The van der Waals surface area contributed by atoms with Gasteiger partial charge >= 0.3 is 11.9 Å². The molecule has 16 heavy (non-hydrogen) atoms. The van der Waals surface area contributed by atoms with Crippen molar-refractivity contribution < 1.29 is 19.1 Å². The highest BCUT2D eigenvalue weighted by atomic mass is 16.6. The van der Waals surface area contributed by atoms with Gasteiger partial charge in [-0.3, -0.25) is 0 Å². The standard InChI is InChI=1S/C12H18O4/c1-5-15-11(13)10(8-7-9(3)4)12(14)16-6-2/h8H,3,5-7H2,1-2,4H3. The van der Waals surface area contributed by atoms with E-state index in [-0.39, 0.29) is 18.8 Å². The molecule has 90 valence electrons. The maximum atomic E-state index is 11.5. The van der Waals surface area contributed by atoms with Crippen LogP contribution in [0.4, 0.5) is 0 Å². The van der Waals surface area contributed by atoms with Gasteiger partial charge in [0.25, 0.3) is 0 Å². The molecule has 0 unspecified atom stereocenters. The average Bonchev–Trinajstić information content (AvgIpc) is 2.18. The van der Waals surface area contributed by atoms with Gasteiger partial charge in [0.05, 0.1) is 13.2 Å². The minimum atomic E-state index is -0.651. The minimum Gasteiger partial charge on any atom is -0.462 e. The Kier molecular flexibility index (Phi) is 6.92. The lowest BCUT2D eigenvalue weighted by Crippen LogP contribution is -2.18. The van der Waals surface area contributed by atoms with Crippen LogP contribution in [-0.4, -0.2) is 25.2 Å². The van der Waals surface area contributed by atoms with E-state index in [1.807, 2.05) is 6.92 Å². The number of hydrogen-bond acceptors (Lipinski definition) is 4. The summed E-state index contributed by atoms with van der Waals surface area (Å²) in [5.41, 5.74) is 0.790. The summed E-state index contributed by atoms with van der Waals surface area (Å²) in [5.74, 6) is -1.30. The Bertz CT molecular complexity index is 282. The predicted molar refractivity (Wildman–Crippen MR) is 60.8 cm³/mol. The zero-order chi connectivity index (χ0) is 12.6. The molecule has 4 heteroatoms. The van der Waals surface area contributed by atoms with E-state index in [0.29, 0.717) is 6.42 Å². The second kappa shape index (κ2) is 7.68. The summed E-state index contributed by atoms with van der Waals surface area (Å²) in [4.78, 5) is 22.9. The van der Waals surface area contributed by atoms with Crippen LogP contribution in [0.5, 0.6) is 0 Å². The molecule has 0 aliphatic heterocycles. The third-order valence-electron chi connectivity index (χ3n) is 1.65. The van der Waals surface area contributed by atoms with Crippen LogP contribution in [0.1, 0.15) is 27.2 Å². The van der Waals surface area contributed by atoms with Gasteiger partial charge in [0.1, 0.15) is 5.57 Å². The molecule has 0 saturated heterocycles. The fourth-order valence-electron chi connectivity index (χ4n) is 0.944. The first-order chi connectivity index (χ1) is 7.52. The molecule has 0 atom stereocenters. The molecule has 0 aliphatic rings. The number of esters is 2. The molecular formula is C12H18O4. The Hall–Kier alpha value is -1.58. The molecule has 0 aromatic heterocycles. The molecule has 0 heterocycles. The van der Waals surface area contributed by atoms with Crippen molar-refractivity contribution >= 4 is 11.9 Å². The maximum absolute atomic E-state index is 11.5. The van der Waals surface area contributed by atoms with Crippen LogP contribution in [0.25, 0.3) is 0 Å². The van der Waals surface area contributed by atoms with Gasteiger partial charge in [-0.25, -0.2) is 9.59 Å². The fourth-order valence-corrected chi connectivity index (χ4v) is 0.944. The van der Waals surface area contributed by atoms with Gasteiger partial charge in [-0.15, -0.1) is 0 Å². The SMILES string of the molecule is C=C(C)CC=C(C(=O)OCC)C(=O)OCC. The molecule has 0 saturated carbocycles. The van der Waals surface area contributed by atoms with Crippen LogP contribution in [0, 0.1) is 0 Å². The molecule has 0 aromatic rings. The molecule has 0 rings (SSSR count). The molecule has 4 nitrogen and oxygen atoms in total. The van der Waals surface area contributed by atoms with Crippen molar-refractivity contribution in [3.05, 3.63) is 23.8 Å². The van der Waals surface area contributed by atoms with Gasteiger partial charge in [-0.05, 0) is 27.2 Å². The summed E-state index contributed by atoms with van der Waals surface area (Å²) < 4.78 is 9.53. The molecular weight excluding hydrogens is 208 g/mol. The Morgan fingerprint density at radius 3 is 1.88 bits per heavy atom. The van der Waals surface area contributed by atoms with Gasteiger partial charge in [0.2, 0.25) is 0 Å². The van der Waals surface area contributed by atoms with E-state index in [1.165, 1.54) is 6.08 Å². The van der Waals surface area contributed by atoms with Gasteiger partial charge in [-0.1, -0.05) is 18.2 Å². The van der Waals surface area contributed by atoms with E-state index in [2.05, 4.69) is 6.58 Å². The van der Waals surface area contributed by atoms with Crippen molar-refractivity contribution in [3.63, 3.8) is 0 Å². The Balaban J connectivity index is 4.74. The summed E-state index contributed by atoms with van der Waals surface area (Å²) >= 11 is 0. The summed E-state index contributed by atoms with van der Waals surface area (Å²) in [5, 5.41) is 0. The second-order valence-corrected chi connectivity index (χ2v) is 3.22. The highest BCUT2D eigenvalue weighted by Crippen LogP contribution is 2.07. The summed E-state index contributed by atoms with van der Waals surface area (Å²) in [6.45, 7) is 9.31. The van der Waals surface area contributed by atoms with Crippen LogP contribution in [0.15, 0.2) is 23.8 Å². The number of hydrogen-bond donors (Lipinski definition) is 0. The molecule has 0 fully saturated rings. The molecule has 0 aliphatic carbocycles. The van der Waals surface area contributed by atoms with E-state index >= 15 is 0 Å². The first kappa shape index (κ1) is 14.4. The topological polar surface area (TPSA) is 52.6 Å². The van der Waals surface area contributed by atoms with Crippen LogP contribution in [-0.2, 0) is 19.1 Å². The first-order valence-electron chi connectivity index (χ1n) is 5.21. The van der Waals surface area contributed by atoms with Gasteiger partial charge < -0.3 is 9.47 Å². The average molecular weight is 226 g/mol. The molecule has 0 amide bonds. The van der Waals surface area contributed by atoms with Crippen LogP contribution in [0.2, 0.25) is 0 Å². The lowest BCUT2D eigenvalue weighted by molar-refractivity contribution is -0.146. The van der Waals surface area contributed by atoms with E-state index in [1.54, 1.807) is 13.8 Å². The quantitative estimate of drug-likeness (QED) is 0.228. The third-order valence-corrected chi connectivity index (χ3v) is 1.65. The van der Waals surface area contributed by atoms with E-state index in [9.17, 15) is 9.59 Å². The van der Waals surface area contributed by atoms with Gasteiger partial charge in [0.15, 0.2) is 0 Å². The Morgan fingerprint density at radius 1 is 1.12 bits per heavy atom. The van der Waals surface area contributed by atoms with Crippen LogP contribution in [0.3, 0.4) is 0 Å². The first-order valence-corrected chi connectivity index (χ1v) is 5.21. The third kappa shape index (κ3) is 5.34. The number of carbonyl (C=O) groups excluding carboxylic acids is 2. The molecule has 0 radical (unpaired) electrons. The number of ether oxygens (including phenoxy) is 2. The predicted octanol–water partition coefficient (Wildman–Crippen LogP) is 2.01. The van der Waals surface area contributed by atoms with Crippen molar-refractivity contribution in [2.75, 3.05) is 13.2 Å². The van der Waals surface area contributed by atoms with Crippen molar-refractivity contribution in [2.24, 2.45) is 0 Å². The lowest BCUT2D eigenvalue weighted by atomic mass is 10.1. The number of rotatable bonds is 6. The molecule has 0 aromatic carbocycles. The van der Waals surface area contributed by atoms with E-state index in [0.717, 1.165) is 5.57 Å². The largest absolute Gasteiger partial charge is 0.462 e. The van der Waals surface area contributed by atoms with Crippen molar-refractivity contribution in [1.82, 2.24) is 0 Å². The summed E-state index contributed by atoms with van der Waals surface area (Å²) in [7, 11) is 0. The fraction of sp³-hybridized carbons (Fsp3) is 0.500. The van der Waals surface area contributed by atoms with Crippen molar-refractivity contribution in [3.8, 4) is 0 Å². The highest BCUT2D eigenvalue weighted by molar-refractivity contribution is 6.14. The van der Waals surface area contributed by atoms with E-state index < -0.39 is 11.9 Å². The Labute approximate surface area is 95.9 Å². The zero-order valence-corrected chi connectivity index (χ0v) is 10.0. The van der Waals surface area contributed by atoms with Crippen LogP contribution >= 0.6 is 0 Å². The van der Waals surface area contributed by atoms with Crippen LogP contribution < -0.4 is 0 Å². The van der Waals surface area contributed by atoms with Gasteiger partial charge in [0, 0.05) is 0 Å². The van der Waals surface area contributed by atoms with Gasteiger partial charge in [-0.2, -0.15) is 0 Å². The van der Waals surface area contributed by atoms with Crippen molar-refractivity contribution in [2.45, 2.75) is 27.2 Å². The molecule has 0 N–H and O–H groups in total. The number of allylic oxidation sites excluding steroid dienone is 2. The maximum Gasteiger partial charge on any atom is 0.345 e.